The molecule has 1 aliphatic carbocycles. The van der Waals surface area contributed by atoms with Crippen molar-refractivity contribution in [2.75, 3.05) is 6.61 Å². The Kier molecular flexibility index (Phi) is 4.17. The minimum Gasteiger partial charge on any atom is -0.394 e. The van der Waals surface area contributed by atoms with Crippen LogP contribution in [0, 0.1) is 5.82 Å². The molecular formula is C13H17BrFNO. The molecule has 0 heterocycles. The lowest BCUT2D eigenvalue weighted by Gasteiger charge is -2.28. The van der Waals surface area contributed by atoms with E-state index >= 15 is 0 Å². The first-order valence-corrected chi connectivity index (χ1v) is 6.74. The Labute approximate surface area is 109 Å². The SMILES string of the molecule is OCC1(NCc2cc(Br)ccc2F)CCCC1. The molecule has 0 radical (unpaired) electrons. The molecule has 1 aliphatic rings. The summed E-state index contributed by atoms with van der Waals surface area (Å²) in [4.78, 5) is 0. The minimum atomic E-state index is -0.202. The Morgan fingerprint density at radius 2 is 2.06 bits per heavy atom. The molecule has 2 nitrogen and oxygen atoms in total. The highest BCUT2D eigenvalue weighted by atomic mass is 79.9. The van der Waals surface area contributed by atoms with Gasteiger partial charge in [0, 0.05) is 22.1 Å². The summed E-state index contributed by atoms with van der Waals surface area (Å²) in [7, 11) is 0. The van der Waals surface area contributed by atoms with Crippen LogP contribution in [-0.4, -0.2) is 17.3 Å². The predicted octanol–water partition coefficient (Wildman–Crippen LogP) is 2.98. The monoisotopic (exact) mass is 301 g/mol. The van der Waals surface area contributed by atoms with Crippen molar-refractivity contribution in [2.24, 2.45) is 0 Å². The molecule has 0 aromatic heterocycles. The van der Waals surface area contributed by atoms with Gasteiger partial charge in [-0.3, -0.25) is 0 Å². The van der Waals surface area contributed by atoms with Gasteiger partial charge in [0.05, 0.1) is 6.61 Å². The Morgan fingerprint density at radius 1 is 1.35 bits per heavy atom. The van der Waals surface area contributed by atoms with Crippen LogP contribution in [0.1, 0.15) is 31.2 Å². The van der Waals surface area contributed by atoms with E-state index in [1.807, 2.05) is 0 Å². The van der Waals surface area contributed by atoms with Crippen molar-refractivity contribution >= 4 is 15.9 Å². The highest BCUT2D eigenvalue weighted by Gasteiger charge is 2.32. The van der Waals surface area contributed by atoms with Crippen molar-refractivity contribution in [1.29, 1.82) is 0 Å². The van der Waals surface area contributed by atoms with Crippen molar-refractivity contribution in [1.82, 2.24) is 5.32 Å². The van der Waals surface area contributed by atoms with Crippen molar-refractivity contribution in [3.8, 4) is 0 Å². The molecule has 0 saturated heterocycles. The van der Waals surface area contributed by atoms with Crippen LogP contribution in [0.2, 0.25) is 0 Å². The van der Waals surface area contributed by atoms with Crippen molar-refractivity contribution in [3.05, 3.63) is 34.1 Å². The largest absolute Gasteiger partial charge is 0.394 e. The van der Waals surface area contributed by atoms with E-state index in [-0.39, 0.29) is 18.0 Å². The number of nitrogens with one attached hydrogen (secondary N) is 1. The van der Waals surface area contributed by atoms with E-state index in [9.17, 15) is 9.50 Å². The second kappa shape index (κ2) is 5.46. The average molecular weight is 302 g/mol. The molecule has 0 spiro atoms. The molecule has 0 aliphatic heterocycles. The molecule has 2 N–H and O–H groups in total. The number of hydrogen-bond acceptors (Lipinski definition) is 2. The zero-order chi connectivity index (χ0) is 12.3. The molecular weight excluding hydrogens is 285 g/mol. The van der Waals surface area contributed by atoms with Gasteiger partial charge in [0.1, 0.15) is 5.82 Å². The van der Waals surface area contributed by atoms with Crippen molar-refractivity contribution in [2.45, 2.75) is 37.8 Å². The van der Waals surface area contributed by atoms with E-state index in [0.29, 0.717) is 12.1 Å². The third-order valence-corrected chi connectivity index (χ3v) is 4.02. The molecule has 1 saturated carbocycles. The summed E-state index contributed by atoms with van der Waals surface area (Å²) in [5.41, 5.74) is 0.438. The molecule has 2 rings (SSSR count). The lowest BCUT2D eigenvalue weighted by Crippen LogP contribution is -2.45. The fourth-order valence-corrected chi connectivity index (χ4v) is 2.81. The van der Waals surface area contributed by atoms with E-state index in [0.717, 1.165) is 30.2 Å². The van der Waals surface area contributed by atoms with Gasteiger partial charge in [-0.2, -0.15) is 0 Å². The topological polar surface area (TPSA) is 32.3 Å². The summed E-state index contributed by atoms with van der Waals surface area (Å²) >= 11 is 3.34. The highest BCUT2D eigenvalue weighted by molar-refractivity contribution is 9.10. The smallest absolute Gasteiger partial charge is 0.127 e. The molecule has 1 fully saturated rings. The van der Waals surface area contributed by atoms with Crippen LogP contribution in [0.25, 0.3) is 0 Å². The third kappa shape index (κ3) is 3.06. The summed E-state index contributed by atoms with van der Waals surface area (Å²) in [6, 6.07) is 4.93. The fraction of sp³-hybridized carbons (Fsp3) is 0.538. The minimum absolute atomic E-state index is 0.128. The zero-order valence-electron chi connectivity index (χ0n) is 9.68. The lowest BCUT2D eigenvalue weighted by molar-refractivity contribution is 0.162. The molecule has 0 amide bonds. The summed E-state index contributed by atoms with van der Waals surface area (Å²) in [6.07, 6.45) is 4.21. The number of hydrogen-bond donors (Lipinski definition) is 2. The summed E-state index contributed by atoms with van der Waals surface area (Å²) in [5, 5.41) is 12.8. The number of halogens is 2. The lowest BCUT2D eigenvalue weighted by atomic mass is 9.98. The normalized spacial score (nSPS) is 18.5. The molecule has 0 unspecified atom stereocenters. The fourth-order valence-electron chi connectivity index (χ4n) is 2.40. The number of aliphatic hydroxyl groups is 1. The highest BCUT2D eigenvalue weighted by Crippen LogP contribution is 2.29. The van der Waals surface area contributed by atoms with Crippen LogP contribution in [0.15, 0.2) is 22.7 Å². The summed E-state index contributed by atoms with van der Waals surface area (Å²) < 4.78 is 14.4. The van der Waals surface area contributed by atoms with E-state index in [1.165, 1.54) is 6.07 Å². The summed E-state index contributed by atoms with van der Waals surface area (Å²) in [5.74, 6) is -0.202. The zero-order valence-corrected chi connectivity index (χ0v) is 11.3. The van der Waals surface area contributed by atoms with Gasteiger partial charge in [0.25, 0.3) is 0 Å². The first-order chi connectivity index (χ1) is 8.15. The Bertz CT molecular complexity index is 391. The molecule has 0 bridgehead atoms. The molecule has 17 heavy (non-hydrogen) atoms. The van der Waals surface area contributed by atoms with Gasteiger partial charge >= 0.3 is 0 Å². The van der Waals surface area contributed by atoms with E-state index in [2.05, 4.69) is 21.2 Å². The molecule has 1 aromatic carbocycles. The van der Waals surface area contributed by atoms with E-state index < -0.39 is 0 Å². The molecule has 1 aromatic rings. The van der Waals surface area contributed by atoms with Gasteiger partial charge in [-0.25, -0.2) is 4.39 Å². The van der Waals surface area contributed by atoms with Crippen molar-refractivity contribution < 1.29 is 9.50 Å². The number of rotatable bonds is 4. The first kappa shape index (κ1) is 13.0. The number of aliphatic hydroxyl groups excluding tert-OH is 1. The standard InChI is InChI=1S/C13H17BrFNO/c14-11-3-4-12(15)10(7-11)8-16-13(9-17)5-1-2-6-13/h3-4,7,16-17H,1-2,5-6,8-9H2. The van der Waals surface area contributed by atoms with Crippen LogP contribution in [0.3, 0.4) is 0 Å². The van der Waals surface area contributed by atoms with E-state index in [4.69, 9.17) is 0 Å². The van der Waals surface area contributed by atoms with Crippen LogP contribution in [0.5, 0.6) is 0 Å². The van der Waals surface area contributed by atoms with Gasteiger partial charge in [-0.05, 0) is 31.0 Å². The quantitative estimate of drug-likeness (QED) is 0.896. The van der Waals surface area contributed by atoms with Gasteiger partial charge < -0.3 is 10.4 Å². The molecule has 0 atom stereocenters. The maximum absolute atomic E-state index is 13.5. The Morgan fingerprint density at radius 3 is 2.71 bits per heavy atom. The maximum Gasteiger partial charge on any atom is 0.127 e. The second-order valence-corrected chi connectivity index (χ2v) is 5.65. The molecule has 4 heteroatoms. The van der Waals surface area contributed by atoms with Gasteiger partial charge in [0.15, 0.2) is 0 Å². The van der Waals surface area contributed by atoms with Gasteiger partial charge in [-0.1, -0.05) is 28.8 Å². The van der Waals surface area contributed by atoms with Gasteiger partial charge in [0.2, 0.25) is 0 Å². The van der Waals surface area contributed by atoms with Crippen LogP contribution in [-0.2, 0) is 6.54 Å². The van der Waals surface area contributed by atoms with Crippen LogP contribution >= 0.6 is 15.9 Å². The first-order valence-electron chi connectivity index (χ1n) is 5.95. The number of benzene rings is 1. The third-order valence-electron chi connectivity index (χ3n) is 3.52. The maximum atomic E-state index is 13.5. The average Bonchev–Trinajstić information content (AvgIpc) is 2.80. The van der Waals surface area contributed by atoms with Crippen LogP contribution < -0.4 is 5.32 Å². The summed E-state index contributed by atoms with van der Waals surface area (Å²) in [6.45, 7) is 0.592. The Balaban J connectivity index is 2.03. The van der Waals surface area contributed by atoms with Crippen LogP contribution in [0.4, 0.5) is 4.39 Å². The van der Waals surface area contributed by atoms with Gasteiger partial charge in [-0.15, -0.1) is 0 Å². The molecule has 94 valence electrons. The Hall–Kier alpha value is -0.450. The van der Waals surface area contributed by atoms with E-state index in [1.54, 1.807) is 12.1 Å². The van der Waals surface area contributed by atoms with Crippen molar-refractivity contribution in [3.63, 3.8) is 0 Å². The predicted molar refractivity (Wildman–Crippen MR) is 69.2 cm³/mol. The second-order valence-electron chi connectivity index (χ2n) is 4.73.